The van der Waals surface area contributed by atoms with Crippen LogP contribution in [0.2, 0.25) is 0 Å². The molecule has 0 aromatic heterocycles. The van der Waals surface area contributed by atoms with Gasteiger partial charge < -0.3 is 29.9 Å². The van der Waals surface area contributed by atoms with Crippen LogP contribution in [0.1, 0.15) is 11.7 Å². The van der Waals surface area contributed by atoms with Gasteiger partial charge in [-0.2, -0.15) is 13.2 Å². The summed E-state index contributed by atoms with van der Waals surface area (Å²) in [6.45, 7) is -0.767. The monoisotopic (exact) mass is 388 g/mol. The van der Waals surface area contributed by atoms with Crippen molar-refractivity contribution >= 4 is 0 Å². The van der Waals surface area contributed by atoms with Gasteiger partial charge in [-0.25, -0.2) is 0 Å². The van der Waals surface area contributed by atoms with E-state index in [9.17, 15) is 33.6 Å². The fourth-order valence-electron chi connectivity index (χ4n) is 3.11. The number of alkyl halides is 3. The zero-order valence-electron chi connectivity index (χ0n) is 14.0. The van der Waals surface area contributed by atoms with Crippen molar-refractivity contribution in [3.05, 3.63) is 48.0 Å². The lowest BCUT2D eigenvalue weighted by Gasteiger charge is -2.41. The predicted octanol–water partition coefficient (Wildman–Crippen LogP) is 1.21. The first kappa shape index (κ1) is 20.0. The topological polar surface area (TPSA) is 99.4 Å². The first-order valence-corrected chi connectivity index (χ1v) is 8.24. The Morgan fingerprint density at radius 1 is 0.963 bits per heavy atom. The molecule has 1 aliphatic heterocycles. The molecule has 0 amide bonds. The molecule has 0 aromatic carbocycles. The number of halogens is 3. The lowest BCUT2D eigenvalue weighted by Crippen LogP contribution is -2.59. The van der Waals surface area contributed by atoms with Crippen molar-refractivity contribution in [1.82, 2.24) is 0 Å². The van der Waals surface area contributed by atoms with Gasteiger partial charge in [0.25, 0.3) is 0 Å². The van der Waals surface area contributed by atoms with Gasteiger partial charge in [-0.05, 0) is 16.7 Å². The molecule has 1 unspecified atom stereocenters. The van der Waals surface area contributed by atoms with Gasteiger partial charge in [0.05, 0.1) is 6.61 Å². The zero-order valence-corrected chi connectivity index (χ0v) is 14.0. The van der Waals surface area contributed by atoms with Crippen LogP contribution in [0.5, 0.6) is 0 Å². The third kappa shape index (κ3) is 3.93. The van der Waals surface area contributed by atoms with Crippen LogP contribution in [-0.4, -0.2) is 63.9 Å². The Labute approximate surface area is 152 Å². The summed E-state index contributed by atoms with van der Waals surface area (Å²) >= 11 is 0. The van der Waals surface area contributed by atoms with Crippen molar-refractivity contribution in [2.45, 2.75) is 43.0 Å². The molecule has 0 spiro atoms. The average Bonchev–Trinajstić information content (AvgIpc) is 2.85. The fourth-order valence-corrected chi connectivity index (χ4v) is 3.11. The highest BCUT2D eigenvalue weighted by Gasteiger charge is 2.50. The van der Waals surface area contributed by atoms with Crippen molar-refractivity contribution in [2.75, 3.05) is 6.61 Å². The van der Waals surface area contributed by atoms with Crippen LogP contribution in [0.3, 0.4) is 0 Å². The molecule has 2 aliphatic carbocycles. The van der Waals surface area contributed by atoms with E-state index in [1.54, 1.807) is 24.3 Å². The Balaban J connectivity index is 1.93. The van der Waals surface area contributed by atoms with Gasteiger partial charge in [0.1, 0.15) is 24.4 Å². The molecule has 6 atom stereocenters. The van der Waals surface area contributed by atoms with Crippen molar-refractivity contribution in [1.29, 1.82) is 0 Å². The summed E-state index contributed by atoms with van der Waals surface area (Å²) in [6.07, 6.45) is -16.0. The normalized spacial score (nSPS) is 30.4. The highest BCUT2D eigenvalue weighted by molar-refractivity contribution is 5.71. The van der Waals surface area contributed by atoms with E-state index >= 15 is 0 Å². The molecule has 0 saturated carbocycles. The summed E-state index contributed by atoms with van der Waals surface area (Å²) in [5.74, 6) is 0. The summed E-state index contributed by atoms with van der Waals surface area (Å²) in [7, 11) is 0. The van der Waals surface area contributed by atoms with Crippen LogP contribution >= 0.6 is 0 Å². The number of hydrogen-bond acceptors (Lipinski definition) is 6. The van der Waals surface area contributed by atoms with Gasteiger partial charge in [-0.3, -0.25) is 0 Å². The highest BCUT2D eigenvalue weighted by atomic mass is 19.4. The largest absolute Gasteiger partial charge is 0.419 e. The first-order chi connectivity index (χ1) is 12.7. The van der Waals surface area contributed by atoms with Gasteiger partial charge in [-0.15, -0.1) is 0 Å². The van der Waals surface area contributed by atoms with Crippen LogP contribution in [0.4, 0.5) is 13.2 Å². The van der Waals surface area contributed by atoms with Crippen molar-refractivity contribution < 1.29 is 43.1 Å². The van der Waals surface area contributed by atoms with Crippen LogP contribution in [-0.2, 0) is 9.47 Å². The molecular weight excluding hydrogens is 369 g/mol. The van der Waals surface area contributed by atoms with Gasteiger partial charge in [0.15, 0.2) is 12.4 Å². The van der Waals surface area contributed by atoms with Crippen molar-refractivity contribution in [2.24, 2.45) is 0 Å². The molecule has 3 aliphatic rings. The molecule has 1 heterocycles. The lowest BCUT2D eigenvalue weighted by atomic mass is 9.99. The molecule has 1 fully saturated rings. The van der Waals surface area contributed by atoms with Gasteiger partial charge in [0.2, 0.25) is 0 Å². The molecule has 0 aromatic rings. The standard InChI is InChI=1S/C18H19F3O6/c19-18(20,21)16(11-7-6-9-4-2-1-3-5-10(9)11)27-17-15(25)14(24)13(23)12(8-22)26-17/h1-7,12-17,22-25H,8H2/t12-,13+,14+,15-,16?,17+/m1/s1. The SMILES string of the molecule is OC[C@H]1O[C@@H](OC(c2ccc3cccccc2-3)C(F)(F)F)[C@H](O)[C@@H](O)[C@H]1O. The zero-order chi connectivity index (χ0) is 19.8. The van der Waals surface area contributed by atoms with E-state index in [1.165, 1.54) is 18.2 Å². The van der Waals surface area contributed by atoms with Gasteiger partial charge >= 0.3 is 6.18 Å². The molecule has 1 saturated heterocycles. The highest BCUT2D eigenvalue weighted by Crippen LogP contribution is 2.43. The van der Waals surface area contributed by atoms with Gasteiger partial charge in [0, 0.05) is 0 Å². The number of rotatable bonds is 4. The fraction of sp³-hybridized carbons (Fsp3) is 0.444. The van der Waals surface area contributed by atoms with Crippen molar-refractivity contribution in [3.63, 3.8) is 0 Å². The van der Waals surface area contributed by atoms with Gasteiger partial charge in [-0.1, -0.05) is 42.5 Å². The average molecular weight is 388 g/mol. The first-order valence-electron chi connectivity index (χ1n) is 8.24. The number of fused-ring (bicyclic) bond motifs is 1. The van der Waals surface area contributed by atoms with E-state index < -0.39 is 49.6 Å². The third-order valence-electron chi connectivity index (χ3n) is 4.52. The van der Waals surface area contributed by atoms with E-state index in [-0.39, 0.29) is 5.56 Å². The van der Waals surface area contributed by atoms with E-state index in [2.05, 4.69) is 0 Å². The van der Waals surface area contributed by atoms with Crippen LogP contribution in [0.25, 0.3) is 11.1 Å². The Morgan fingerprint density at radius 3 is 2.33 bits per heavy atom. The summed E-state index contributed by atoms with van der Waals surface area (Å²) in [4.78, 5) is 0. The molecular formula is C18H19F3O6. The molecule has 6 nitrogen and oxygen atoms in total. The minimum Gasteiger partial charge on any atom is -0.394 e. The second-order valence-corrected chi connectivity index (χ2v) is 6.32. The molecule has 0 bridgehead atoms. The Kier molecular flexibility index (Phi) is 5.71. The smallest absolute Gasteiger partial charge is 0.394 e. The maximum atomic E-state index is 13.7. The third-order valence-corrected chi connectivity index (χ3v) is 4.52. The maximum absolute atomic E-state index is 13.7. The second-order valence-electron chi connectivity index (χ2n) is 6.32. The van der Waals surface area contributed by atoms with Crippen LogP contribution in [0, 0.1) is 0 Å². The number of aliphatic hydroxyl groups is 4. The summed E-state index contributed by atoms with van der Waals surface area (Å²) in [6, 6.07) is 10.9. The Morgan fingerprint density at radius 2 is 1.67 bits per heavy atom. The van der Waals surface area contributed by atoms with Crippen molar-refractivity contribution in [3.8, 4) is 11.1 Å². The summed E-state index contributed by atoms with van der Waals surface area (Å²) < 4.78 is 51.2. The molecule has 4 N–H and O–H groups in total. The molecule has 9 heteroatoms. The van der Waals surface area contributed by atoms with E-state index in [0.717, 1.165) is 0 Å². The molecule has 3 rings (SSSR count). The Bertz CT molecular complexity index is 737. The minimum absolute atomic E-state index is 0.175. The van der Waals surface area contributed by atoms with E-state index in [0.29, 0.717) is 11.1 Å². The minimum atomic E-state index is -4.84. The number of ether oxygens (including phenoxy) is 2. The Hall–Kier alpha value is -1.75. The van der Waals surface area contributed by atoms with Crippen LogP contribution in [0.15, 0.2) is 42.5 Å². The maximum Gasteiger partial charge on any atom is 0.419 e. The lowest BCUT2D eigenvalue weighted by molar-refractivity contribution is -0.342. The number of aliphatic hydroxyl groups excluding tert-OH is 4. The summed E-state index contributed by atoms with van der Waals surface area (Å²) in [5, 5.41) is 38.7. The summed E-state index contributed by atoms with van der Waals surface area (Å²) in [5.41, 5.74) is 0.708. The quantitative estimate of drug-likeness (QED) is 0.629. The van der Waals surface area contributed by atoms with Crippen LogP contribution < -0.4 is 0 Å². The van der Waals surface area contributed by atoms with E-state index in [4.69, 9.17) is 9.47 Å². The molecule has 0 radical (unpaired) electrons. The predicted molar refractivity (Wildman–Crippen MR) is 86.7 cm³/mol. The second kappa shape index (κ2) is 7.70. The molecule has 148 valence electrons. The molecule has 27 heavy (non-hydrogen) atoms. The van der Waals surface area contributed by atoms with E-state index in [1.807, 2.05) is 0 Å². The number of hydrogen-bond donors (Lipinski definition) is 4.